The number of thiocarbonyl (C=S) groups is 1. The van der Waals surface area contributed by atoms with Crippen LogP contribution in [0.2, 0.25) is 0 Å². The molecule has 2 N–H and O–H groups in total. The van der Waals surface area contributed by atoms with Gasteiger partial charge in [-0.15, -0.1) is 11.3 Å². The monoisotopic (exact) mass is 347 g/mol. The number of thiophene rings is 1. The van der Waals surface area contributed by atoms with Gasteiger partial charge in [0, 0.05) is 11.1 Å². The summed E-state index contributed by atoms with van der Waals surface area (Å²) in [7, 11) is 1.41. The number of carbonyl (C=O) groups excluding carboxylic acids is 1. The Hall–Kier alpha value is -1.99. The molecule has 0 radical (unpaired) electrons. The number of methoxy groups -OCH3 is 1. The van der Waals surface area contributed by atoms with Crippen molar-refractivity contribution in [3.05, 3.63) is 46.1 Å². The molecule has 0 saturated carbocycles. The molecule has 0 bridgehead atoms. The minimum absolute atomic E-state index is 0.306. The van der Waals surface area contributed by atoms with E-state index in [1.54, 1.807) is 17.5 Å². The highest BCUT2D eigenvalue weighted by atomic mass is 32.1. The fourth-order valence-electron chi connectivity index (χ4n) is 2.63. The molecular formula is C16H17N3O2S2. The van der Waals surface area contributed by atoms with Crippen LogP contribution in [0.25, 0.3) is 0 Å². The van der Waals surface area contributed by atoms with E-state index in [1.165, 1.54) is 12.0 Å². The lowest BCUT2D eigenvalue weighted by Crippen LogP contribution is -2.28. The number of esters is 1. The molecule has 0 atom stereocenters. The third kappa shape index (κ3) is 3.51. The minimum atomic E-state index is -0.306. The molecule has 0 aromatic carbocycles. The quantitative estimate of drug-likeness (QED) is 0.655. The van der Waals surface area contributed by atoms with Crippen molar-refractivity contribution in [2.24, 2.45) is 0 Å². The first-order valence-corrected chi connectivity index (χ1v) is 8.59. The lowest BCUT2D eigenvalue weighted by molar-refractivity contribution is 0.0601. The molecule has 1 aliphatic carbocycles. The molecule has 0 spiro atoms. The second-order valence-electron chi connectivity index (χ2n) is 5.18. The molecule has 0 saturated heterocycles. The van der Waals surface area contributed by atoms with Crippen molar-refractivity contribution in [1.29, 1.82) is 0 Å². The van der Waals surface area contributed by atoms with Crippen LogP contribution < -0.4 is 10.6 Å². The second kappa shape index (κ2) is 7.06. The molecule has 2 heterocycles. The number of hydrogen-bond acceptors (Lipinski definition) is 5. The number of fused-ring (bicyclic) bond motifs is 1. The molecule has 0 aliphatic heterocycles. The van der Waals surface area contributed by atoms with Crippen molar-refractivity contribution in [3.63, 3.8) is 0 Å². The smallest absolute Gasteiger partial charge is 0.341 e. The van der Waals surface area contributed by atoms with Gasteiger partial charge in [0.2, 0.25) is 0 Å². The standard InChI is InChI=1S/C16H17N3O2S2/c1-21-15(20)13-11-6-4-7-12(11)23-14(13)19-16(22)18-9-10-5-2-3-8-17-10/h2-3,5,8H,4,6-7,9H2,1H3,(H2,18,19,22). The Morgan fingerprint density at radius 2 is 2.30 bits per heavy atom. The van der Waals surface area contributed by atoms with Gasteiger partial charge >= 0.3 is 5.97 Å². The maximum atomic E-state index is 12.1. The average molecular weight is 347 g/mol. The van der Waals surface area contributed by atoms with Crippen molar-refractivity contribution >= 4 is 39.6 Å². The Bertz CT molecular complexity index is 728. The Labute approximate surface area is 144 Å². The second-order valence-corrected chi connectivity index (χ2v) is 6.70. The van der Waals surface area contributed by atoms with E-state index in [4.69, 9.17) is 17.0 Å². The Kier molecular flexibility index (Phi) is 4.88. The van der Waals surface area contributed by atoms with E-state index in [2.05, 4.69) is 15.6 Å². The molecule has 2 aromatic rings. The summed E-state index contributed by atoms with van der Waals surface area (Å²) in [5, 5.41) is 7.48. The fraction of sp³-hybridized carbons (Fsp3) is 0.312. The number of hydrogen-bond donors (Lipinski definition) is 2. The number of nitrogens with zero attached hydrogens (tertiary/aromatic N) is 1. The lowest BCUT2D eigenvalue weighted by atomic mass is 10.1. The van der Waals surface area contributed by atoms with Gasteiger partial charge in [-0.05, 0) is 49.2 Å². The molecule has 1 aliphatic rings. The van der Waals surface area contributed by atoms with E-state index in [0.29, 0.717) is 17.2 Å². The van der Waals surface area contributed by atoms with Crippen molar-refractivity contribution in [2.75, 3.05) is 12.4 Å². The van der Waals surface area contributed by atoms with Gasteiger partial charge in [0.15, 0.2) is 5.11 Å². The number of pyridine rings is 1. The predicted molar refractivity (Wildman–Crippen MR) is 95.0 cm³/mol. The third-order valence-corrected chi connectivity index (χ3v) is 5.15. The first-order valence-electron chi connectivity index (χ1n) is 7.36. The molecule has 2 aromatic heterocycles. The van der Waals surface area contributed by atoms with Gasteiger partial charge < -0.3 is 15.4 Å². The molecule has 3 rings (SSSR count). The average Bonchev–Trinajstić information content (AvgIpc) is 3.14. The first-order chi connectivity index (χ1) is 11.2. The van der Waals surface area contributed by atoms with Crippen LogP contribution in [0.1, 0.15) is 32.9 Å². The van der Waals surface area contributed by atoms with Crippen molar-refractivity contribution in [1.82, 2.24) is 10.3 Å². The zero-order valence-corrected chi connectivity index (χ0v) is 14.4. The highest BCUT2D eigenvalue weighted by molar-refractivity contribution is 7.80. The van der Waals surface area contributed by atoms with Gasteiger partial charge in [-0.1, -0.05) is 6.07 Å². The number of aromatic nitrogens is 1. The van der Waals surface area contributed by atoms with Crippen LogP contribution in [0.4, 0.5) is 5.00 Å². The Balaban J connectivity index is 1.70. The van der Waals surface area contributed by atoms with Crippen molar-refractivity contribution in [2.45, 2.75) is 25.8 Å². The van der Waals surface area contributed by atoms with E-state index in [0.717, 1.165) is 35.5 Å². The van der Waals surface area contributed by atoms with Gasteiger partial charge in [0.1, 0.15) is 5.00 Å². The predicted octanol–water partition coefficient (Wildman–Crippen LogP) is 2.91. The van der Waals surface area contributed by atoms with Crippen LogP contribution in [-0.2, 0) is 24.1 Å². The number of nitrogens with one attached hydrogen (secondary N) is 2. The van der Waals surface area contributed by atoms with Crippen LogP contribution in [0.5, 0.6) is 0 Å². The first kappa shape index (κ1) is 15.9. The lowest BCUT2D eigenvalue weighted by Gasteiger charge is -2.10. The molecule has 7 heteroatoms. The molecule has 0 amide bonds. The van der Waals surface area contributed by atoms with Crippen LogP contribution in [0.15, 0.2) is 24.4 Å². The summed E-state index contributed by atoms with van der Waals surface area (Å²) >= 11 is 6.92. The van der Waals surface area contributed by atoms with Gasteiger partial charge in [-0.25, -0.2) is 4.79 Å². The summed E-state index contributed by atoms with van der Waals surface area (Å²) in [6, 6.07) is 5.73. The van der Waals surface area contributed by atoms with Crippen LogP contribution in [0.3, 0.4) is 0 Å². The highest BCUT2D eigenvalue weighted by Gasteiger charge is 2.27. The molecular weight excluding hydrogens is 330 g/mol. The highest BCUT2D eigenvalue weighted by Crippen LogP contribution is 2.39. The molecule has 0 fully saturated rings. The van der Waals surface area contributed by atoms with Crippen LogP contribution in [-0.4, -0.2) is 23.2 Å². The zero-order valence-electron chi connectivity index (χ0n) is 12.7. The third-order valence-electron chi connectivity index (χ3n) is 3.69. The maximum Gasteiger partial charge on any atom is 0.341 e. The van der Waals surface area contributed by atoms with E-state index >= 15 is 0 Å². The normalized spacial score (nSPS) is 12.6. The fourth-order valence-corrected chi connectivity index (χ4v) is 4.15. The SMILES string of the molecule is COC(=O)c1c(NC(=S)NCc2ccccn2)sc2c1CCC2. The topological polar surface area (TPSA) is 63.2 Å². The number of carbonyl (C=O) groups is 1. The van der Waals surface area contributed by atoms with Gasteiger partial charge in [0.05, 0.1) is 24.9 Å². The molecule has 0 unspecified atom stereocenters. The Morgan fingerprint density at radius 3 is 3.04 bits per heavy atom. The number of ether oxygens (including phenoxy) is 1. The zero-order chi connectivity index (χ0) is 16.2. The molecule has 120 valence electrons. The number of anilines is 1. The van der Waals surface area contributed by atoms with Gasteiger partial charge in [0.25, 0.3) is 0 Å². The largest absolute Gasteiger partial charge is 0.465 e. The number of aryl methyl sites for hydroxylation is 1. The summed E-state index contributed by atoms with van der Waals surface area (Å²) in [4.78, 5) is 17.6. The van der Waals surface area contributed by atoms with Crippen molar-refractivity contribution < 1.29 is 9.53 Å². The summed E-state index contributed by atoms with van der Waals surface area (Å²) in [6.45, 7) is 0.533. The Morgan fingerprint density at radius 1 is 1.43 bits per heavy atom. The van der Waals surface area contributed by atoms with Crippen LogP contribution >= 0.6 is 23.6 Å². The minimum Gasteiger partial charge on any atom is -0.465 e. The summed E-state index contributed by atoms with van der Waals surface area (Å²) in [5.74, 6) is -0.306. The van der Waals surface area contributed by atoms with E-state index in [9.17, 15) is 4.79 Å². The maximum absolute atomic E-state index is 12.1. The summed E-state index contributed by atoms with van der Waals surface area (Å²) in [5.41, 5.74) is 2.64. The van der Waals surface area contributed by atoms with Crippen LogP contribution in [0, 0.1) is 0 Å². The van der Waals surface area contributed by atoms with E-state index in [1.807, 2.05) is 18.2 Å². The summed E-state index contributed by atoms with van der Waals surface area (Å²) in [6.07, 6.45) is 4.77. The number of rotatable bonds is 4. The van der Waals surface area contributed by atoms with Crippen molar-refractivity contribution in [3.8, 4) is 0 Å². The van der Waals surface area contributed by atoms with E-state index < -0.39 is 0 Å². The molecule has 5 nitrogen and oxygen atoms in total. The summed E-state index contributed by atoms with van der Waals surface area (Å²) < 4.78 is 4.93. The van der Waals surface area contributed by atoms with E-state index in [-0.39, 0.29) is 5.97 Å². The van der Waals surface area contributed by atoms with Gasteiger partial charge in [-0.3, -0.25) is 4.98 Å². The van der Waals surface area contributed by atoms with Gasteiger partial charge in [-0.2, -0.15) is 0 Å². The molecule has 23 heavy (non-hydrogen) atoms.